The fourth-order valence-electron chi connectivity index (χ4n) is 7.72. The molecule has 1 aliphatic carbocycles. The average molecular weight is 819 g/mol. The van der Waals surface area contributed by atoms with Gasteiger partial charge in [0.1, 0.15) is 48.4 Å². The molecule has 3 saturated heterocycles. The molecule has 0 bridgehead atoms. The normalized spacial score (nSPS) is 24.7. The van der Waals surface area contributed by atoms with Crippen LogP contribution in [0.5, 0.6) is 11.8 Å². The maximum absolute atomic E-state index is 15.8. The van der Waals surface area contributed by atoms with E-state index >= 15 is 4.39 Å². The Hall–Kier alpha value is -2.31. The Morgan fingerprint density at radius 3 is 2.42 bits per heavy atom. The van der Waals surface area contributed by atoms with Gasteiger partial charge in [-0.25, -0.2) is 9.37 Å². The number of rotatable bonds is 15. The first-order valence-corrected chi connectivity index (χ1v) is 27.2. The Balaban J connectivity index is 1.08. The lowest BCUT2D eigenvalue weighted by Crippen LogP contribution is -2.47. The van der Waals surface area contributed by atoms with Crippen LogP contribution in [-0.4, -0.2) is 106 Å². The molecule has 0 spiro atoms. The van der Waals surface area contributed by atoms with Gasteiger partial charge in [-0.1, -0.05) is 58.4 Å². The second kappa shape index (κ2) is 16.5. The minimum Gasteiger partial charge on any atom is -0.492 e. The van der Waals surface area contributed by atoms with Gasteiger partial charge < -0.3 is 33.4 Å². The van der Waals surface area contributed by atoms with Crippen LogP contribution >= 0.6 is 11.6 Å². The summed E-state index contributed by atoms with van der Waals surface area (Å²) in [7, 11) is -3.36. The zero-order valence-corrected chi connectivity index (χ0v) is 36.8. The number of likely N-dealkylation sites (tertiary alicyclic amines) is 1. The molecular formula is C40H61ClFN5O6Si2. The third kappa shape index (κ3) is 9.37. The molecule has 3 aromatic rings. The van der Waals surface area contributed by atoms with E-state index in [4.69, 9.17) is 49.7 Å². The molecule has 304 valence electrons. The molecule has 0 radical (unpaired) electrons. The number of anilines is 1. The second-order valence-corrected chi connectivity index (χ2v) is 29.2. The number of benzene rings is 1. The average Bonchev–Trinajstić information content (AvgIpc) is 3.88. The van der Waals surface area contributed by atoms with Crippen LogP contribution in [0.2, 0.25) is 48.8 Å². The van der Waals surface area contributed by atoms with Crippen molar-refractivity contribution in [3.63, 3.8) is 0 Å². The third-order valence-corrected chi connectivity index (χ3v) is 18.5. The summed E-state index contributed by atoms with van der Waals surface area (Å²) in [4.78, 5) is 12.3. The van der Waals surface area contributed by atoms with E-state index in [0.717, 1.165) is 37.7 Å². The molecule has 4 aliphatic rings. The number of hydrogen-bond acceptors (Lipinski definition) is 10. The van der Waals surface area contributed by atoms with Crippen molar-refractivity contribution >= 4 is 45.0 Å². The van der Waals surface area contributed by atoms with Crippen LogP contribution in [-0.2, 0) is 31.8 Å². The van der Waals surface area contributed by atoms with Gasteiger partial charge >= 0.3 is 6.01 Å². The zero-order chi connectivity index (χ0) is 39.1. The summed E-state index contributed by atoms with van der Waals surface area (Å²) in [6, 6.07) is 6.36. The number of nitrogens with zero attached hydrogens (tertiary/aromatic N) is 4. The van der Waals surface area contributed by atoms with Gasteiger partial charge in [-0.05, 0) is 80.6 Å². The van der Waals surface area contributed by atoms with Gasteiger partial charge in [0.15, 0.2) is 20.1 Å². The van der Waals surface area contributed by atoms with E-state index in [1.54, 1.807) is 6.07 Å². The number of fused-ring (bicyclic) bond motifs is 3. The number of pyridine rings is 1. The molecular weight excluding hydrogens is 757 g/mol. The molecule has 3 aliphatic heterocycles. The first-order chi connectivity index (χ1) is 26.1. The van der Waals surface area contributed by atoms with Gasteiger partial charge in [-0.2, -0.15) is 4.98 Å². The summed E-state index contributed by atoms with van der Waals surface area (Å²) in [6.45, 7) is 23.4. The van der Waals surface area contributed by atoms with Crippen LogP contribution in [0.4, 0.5) is 10.2 Å². The monoisotopic (exact) mass is 817 g/mol. The molecule has 5 atom stereocenters. The van der Waals surface area contributed by atoms with Gasteiger partial charge in [0.2, 0.25) is 0 Å². The second-order valence-electron chi connectivity index (χ2n) is 18.5. The molecule has 0 amide bonds. The number of aryl methyl sites for hydroxylation is 1. The largest absolute Gasteiger partial charge is 0.492 e. The van der Waals surface area contributed by atoms with Crippen molar-refractivity contribution in [2.24, 2.45) is 0 Å². The fraction of sp³-hybridized carbons (Fsp3) is 0.700. The summed E-state index contributed by atoms with van der Waals surface area (Å²) in [5.41, 5.74) is 2.72. The van der Waals surface area contributed by atoms with E-state index in [0.29, 0.717) is 72.2 Å². The summed E-state index contributed by atoms with van der Waals surface area (Å²) in [6.07, 6.45) is 4.15. The fourth-order valence-corrected chi connectivity index (χ4v) is 9.99. The molecule has 15 heteroatoms. The van der Waals surface area contributed by atoms with Crippen LogP contribution in [0.25, 0.3) is 11.2 Å². The number of nitrogens with one attached hydrogen (secondary N) is 1. The van der Waals surface area contributed by atoms with Gasteiger partial charge in [0.25, 0.3) is 0 Å². The van der Waals surface area contributed by atoms with Gasteiger partial charge in [-0.15, -0.1) is 0 Å². The van der Waals surface area contributed by atoms with E-state index in [9.17, 15) is 0 Å². The Bertz CT molecular complexity index is 1810. The van der Waals surface area contributed by atoms with Crippen molar-refractivity contribution in [2.45, 2.75) is 134 Å². The van der Waals surface area contributed by atoms with Crippen molar-refractivity contribution in [1.82, 2.24) is 19.4 Å². The van der Waals surface area contributed by atoms with E-state index < -0.39 is 16.4 Å². The smallest absolute Gasteiger partial charge is 0.301 e. The topological polar surface area (TPSA) is 101 Å². The molecule has 1 unspecified atom stereocenters. The summed E-state index contributed by atoms with van der Waals surface area (Å²) in [5, 5.41) is 3.93. The van der Waals surface area contributed by atoms with E-state index in [2.05, 4.69) is 63.7 Å². The molecule has 3 fully saturated rings. The van der Waals surface area contributed by atoms with Crippen LogP contribution < -0.4 is 14.8 Å². The van der Waals surface area contributed by atoms with Crippen molar-refractivity contribution in [2.75, 3.05) is 51.4 Å². The Morgan fingerprint density at radius 2 is 1.69 bits per heavy atom. The van der Waals surface area contributed by atoms with E-state index in [-0.39, 0.29) is 48.0 Å². The van der Waals surface area contributed by atoms with Crippen LogP contribution in [0.3, 0.4) is 0 Å². The molecule has 1 N–H and O–H groups in total. The Labute approximate surface area is 333 Å². The highest BCUT2D eigenvalue weighted by molar-refractivity contribution is 6.76. The zero-order valence-electron chi connectivity index (χ0n) is 34.0. The summed E-state index contributed by atoms with van der Waals surface area (Å²) in [5.74, 6) is 0.757. The maximum atomic E-state index is 15.8. The highest BCUT2D eigenvalue weighted by Crippen LogP contribution is 2.42. The van der Waals surface area contributed by atoms with Crippen molar-refractivity contribution in [3.8, 4) is 11.8 Å². The highest BCUT2D eigenvalue weighted by atomic mass is 35.5. The van der Waals surface area contributed by atoms with Crippen molar-refractivity contribution in [1.29, 1.82) is 0 Å². The summed E-state index contributed by atoms with van der Waals surface area (Å²) < 4.78 is 55.8. The number of aromatic nitrogens is 3. The minimum atomic E-state index is -2.04. The molecule has 11 nitrogen and oxygen atoms in total. The lowest BCUT2D eigenvalue weighted by atomic mass is 10.1. The lowest BCUT2D eigenvalue weighted by Gasteiger charge is -2.39. The Morgan fingerprint density at radius 1 is 0.964 bits per heavy atom. The Kier molecular flexibility index (Phi) is 12.3. The minimum absolute atomic E-state index is 0.0713. The number of halogens is 2. The van der Waals surface area contributed by atoms with Gasteiger partial charge in [0, 0.05) is 32.9 Å². The van der Waals surface area contributed by atoms with Crippen LogP contribution in [0.15, 0.2) is 18.2 Å². The third-order valence-electron chi connectivity index (χ3n) is 12.0. The van der Waals surface area contributed by atoms with E-state index in [1.165, 1.54) is 25.3 Å². The molecule has 55 heavy (non-hydrogen) atoms. The predicted octanol–water partition coefficient (Wildman–Crippen LogP) is 8.44. The van der Waals surface area contributed by atoms with Crippen LogP contribution in [0.1, 0.15) is 63.6 Å². The molecule has 7 rings (SSSR count). The molecule has 2 aromatic heterocycles. The highest BCUT2D eigenvalue weighted by Gasteiger charge is 2.52. The first-order valence-electron chi connectivity index (χ1n) is 20.2. The predicted molar refractivity (Wildman–Crippen MR) is 219 cm³/mol. The quantitative estimate of drug-likeness (QED) is 0.119. The number of hydrogen-bond donors (Lipinski definition) is 1. The van der Waals surface area contributed by atoms with Gasteiger partial charge in [-0.3, -0.25) is 9.47 Å². The standard InChI is InChI=1S/C40H61ClFN5O6Si2/c1-40(2,3)55(7,8)53-33-24-51-35-32(23-50-36(33)35)52-39-44-31-22-28(41)37(45-38(31)47(39)25-48-18-19-54(4,5)6)43-30-13-12-26-20-27(21-29(42)34(26)30)49-17-16-46-14-10-9-11-15-46/h20-22,30,32-33,35-36H,9-19,23-25H2,1-8H3,(H,43,45)/t30?,32-,33-,35-,36-/m1/s1. The summed E-state index contributed by atoms with van der Waals surface area (Å²) >= 11 is 6.87. The molecule has 1 aromatic carbocycles. The van der Waals surface area contributed by atoms with Crippen molar-refractivity contribution < 1.29 is 32.5 Å². The molecule has 5 heterocycles. The van der Waals surface area contributed by atoms with Crippen molar-refractivity contribution in [3.05, 3.63) is 40.2 Å². The maximum Gasteiger partial charge on any atom is 0.301 e. The number of ether oxygens (including phenoxy) is 5. The van der Waals surface area contributed by atoms with Gasteiger partial charge in [0.05, 0.1) is 30.4 Å². The van der Waals surface area contributed by atoms with Crippen LogP contribution in [0, 0.1) is 5.82 Å². The first kappa shape index (κ1) is 40.9. The van der Waals surface area contributed by atoms with E-state index in [1.807, 2.05) is 10.6 Å². The molecule has 0 saturated carbocycles. The SMILES string of the molecule is CC(C)(C)[Si](C)(C)O[C@@H]1CO[C@H]2[C@@H]1OC[C@H]2Oc1nc2cc(Cl)c(NC3CCc4cc(OCCN5CCCCC5)cc(F)c43)nc2n1COCC[Si](C)(C)C. The number of imidazole rings is 1. The lowest BCUT2D eigenvalue weighted by molar-refractivity contribution is 0.00687. The number of piperidine rings is 1.